The van der Waals surface area contributed by atoms with Crippen molar-refractivity contribution in [3.8, 4) is 5.75 Å². The van der Waals surface area contributed by atoms with Crippen molar-refractivity contribution < 1.29 is 13.9 Å². The van der Waals surface area contributed by atoms with Crippen molar-refractivity contribution in [1.82, 2.24) is 15.3 Å². The molecule has 1 aromatic carbocycles. The molecule has 3 rings (SSSR count). The number of carbonyl (C=O) groups is 1. The van der Waals surface area contributed by atoms with Crippen LogP contribution in [-0.2, 0) is 4.79 Å². The molecule has 7 heteroatoms. The van der Waals surface area contributed by atoms with E-state index in [-0.39, 0.29) is 24.2 Å². The van der Waals surface area contributed by atoms with Crippen LogP contribution in [0.2, 0.25) is 0 Å². The summed E-state index contributed by atoms with van der Waals surface area (Å²) in [6.07, 6.45) is 8.50. The maximum absolute atomic E-state index is 13.4. The van der Waals surface area contributed by atoms with Gasteiger partial charge in [0.25, 0.3) is 0 Å². The lowest BCUT2D eigenvalue weighted by Gasteiger charge is -2.28. The van der Waals surface area contributed by atoms with Gasteiger partial charge in [-0.05, 0) is 37.8 Å². The molecule has 0 bridgehead atoms. The number of hydrogen-bond acceptors (Lipinski definition) is 5. The molecule has 0 saturated heterocycles. The van der Waals surface area contributed by atoms with Crippen molar-refractivity contribution in [3.05, 3.63) is 48.7 Å². The van der Waals surface area contributed by atoms with Crippen LogP contribution in [0.3, 0.4) is 0 Å². The minimum atomic E-state index is -0.396. The van der Waals surface area contributed by atoms with Crippen LogP contribution in [-0.4, -0.2) is 35.1 Å². The van der Waals surface area contributed by atoms with Crippen LogP contribution in [0.15, 0.2) is 42.9 Å². The van der Waals surface area contributed by atoms with Crippen molar-refractivity contribution in [2.45, 2.75) is 31.7 Å². The van der Waals surface area contributed by atoms with E-state index in [0.717, 1.165) is 31.5 Å². The molecule has 2 N–H and O–H groups in total. The molecule has 1 fully saturated rings. The Labute approximate surface area is 152 Å². The van der Waals surface area contributed by atoms with Crippen LogP contribution in [0.1, 0.15) is 25.7 Å². The van der Waals surface area contributed by atoms with E-state index < -0.39 is 5.82 Å². The number of halogens is 1. The maximum Gasteiger partial charge on any atom is 0.223 e. The summed E-state index contributed by atoms with van der Waals surface area (Å²) in [4.78, 5) is 20.5. The molecule has 0 aliphatic heterocycles. The van der Waals surface area contributed by atoms with Gasteiger partial charge in [0.2, 0.25) is 5.91 Å². The Kier molecular flexibility index (Phi) is 6.35. The molecular formula is C19H23FN4O2. The van der Waals surface area contributed by atoms with Crippen molar-refractivity contribution in [2.24, 2.45) is 5.92 Å². The topological polar surface area (TPSA) is 76.1 Å². The van der Waals surface area contributed by atoms with Gasteiger partial charge in [-0.25, -0.2) is 9.37 Å². The Balaban J connectivity index is 1.34. The third kappa shape index (κ3) is 5.15. The second-order valence-electron chi connectivity index (χ2n) is 6.35. The van der Waals surface area contributed by atoms with Crippen molar-refractivity contribution in [3.63, 3.8) is 0 Å². The van der Waals surface area contributed by atoms with Crippen molar-refractivity contribution in [2.75, 3.05) is 18.5 Å². The van der Waals surface area contributed by atoms with Gasteiger partial charge in [0.1, 0.15) is 12.4 Å². The third-order valence-corrected chi connectivity index (χ3v) is 4.51. The SMILES string of the molecule is O=C(NCCOc1ccccc1F)C1CCC(Nc2cnccn2)CC1. The Bertz CT molecular complexity index is 706. The Morgan fingerprint density at radius 3 is 2.73 bits per heavy atom. The number of nitrogens with one attached hydrogen (secondary N) is 2. The zero-order valence-electron chi connectivity index (χ0n) is 14.5. The largest absolute Gasteiger partial charge is 0.489 e. The molecule has 1 aliphatic rings. The van der Waals surface area contributed by atoms with Crippen LogP contribution in [0.5, 0.6) is 5.75 Å². The van der Waals surface area contributed by atoms with Gasteiger partial charge in [-0.1, -0.05) is 12.1 Å². The van der Waals surface area contributed by atoms with E-state index in [1.54, 1.807) is 36.8 Å². The average Bonchev–Trinajstić information content (AvgIpc) is 2.68. The number of carbonyl (C=O) groups excluding carboxylic acids is 1. The molecule has 6 nitrogen and oxygen atoms in total. The number of nitrogens with zero attached hydrogens (tertiary/aromatic N) is 2. The van der Waals surface area contributed by atoms with Crippen LogP contribution >= 0.6 is 0 Å². The summed E-state index contributed by atoms with van der Waals surface area (Å²) in [6, 6.07) is 6.56. The standard InChI is InChI=1S/C19H23FN4O2/c20-16-3-1-2-4-17(16)26-12-11-23-19(25)14-5-7-15(8-6-14)24-18-13-21-9-10-22-18/h1-4,9-10,13-15H,5-8,11-12H2,(H,22,24)(H,23,25). The van der Waals surface area contributed by atoms with E-state index in [2.05, 4.69) is 20.6 Å². The number of para-hydroxylation sites is 1. The predicted octanol–water partition coefficient (Wildman–Crippen LogP) is 2.78. The van der Waals surface area contributed by atoms with E-state index in [1.807, 2.05) is 0 Å². The summed E-state index contributed by atoms with van der Waals surface area (Å²) in [7, 11) is 0. The second-order valence-corrected chi connectivity index (χ2v) is 6.35. The quantitative estimate of drug-likeness (QED) is 0.745. The second kappa shape index (κ2) is 9.12. The maximum atomic E-state index is 13.4. The summed E-state index contributed by atoms with van der Waals surface area (Å²) in [5.41, 5.74) is 0. The van der Waals surface area contributed by atoms with Gasteiger partial charge in [-0.15, -0.1) is 0 Å². The van der Waals surface area contributed by atoms with E-state index >= 15 is 0 Å². The number of benzene rings is 1. The molecule has 2 aromatic rings. The Morgan fingerprint density at radius 2 is 2.00 bits per heavy atom. The average molecular weight is 358 g/mol. The summed E-state index contributed by atoms with van der Waals surface area (Å²) in [5, 5.41) is 6.23. The fourth-order valence-electron chi connectivity index (χ4n) is 3.12. The number of hydrogen-bond donors (Lipinski definition) is 2. The zero-order chi connectivity index (χ0) is 18.2. The van der Waals surface area contributed by atoms with Crippen LogP contribution in [0, 0.1) is 11.7 Å². The summed E-state index contributed by atoms with van der Waals surface area (Å²) in [5.74, 6) is 0.638. The first kappa shape index (κ1) is 18.1. The van der Waals surface area contributed by atoms with Crippen LogP contribution < -0.4 is 15.4 Å². The van der Waals surface area contributed by atoms with Crippen LogP contribution in [0.25, 0.3) is 0 Å². The first-order valence-electron chi connectivity index (χ1n) is 8.90. The number of ether oxygens (including phenoxy) is 1. The van der Waals surface area contributed by atoms with Gasteiger partial charge in [-0.3, -0.25) is 9.78 Å². The van der Waals surface area contributed by atoms with Gasteiger partial charge in [0.05, 0.1) is 12.7 Å². The molecule has 0 spiro atoms. The van der Waals surface area contributed by atoms with Gasteiger partial charge in [0.15, 0.2) is 11.6 Å². The molecule has 1 amide bonds. The highest BCUT2D eigenvalue weighted by Gasteiger charge is 2.26. The fraction of sp³-hybridized carbons (Fsp3) is 0.421. The number of aromatic nitrogens is 2. The minimum Gasteiger partial charge on any atom is -0.489 e. The lowest BCUT2D eigenvalue weighted by Crippen LogP contribution is -2.37. The van der Waals surface area contributed by atoms with E-state index in [4.69, 9.17) is 4.74 Å². The van der Waals surface area contributed by atoms with Gasteiger partial charge >= 0.3 is 0 Å². The molecule has 138 valence electrons. The Morgan fingerprint density at radius 1 is 1.19 bits per heavy atom. The molecular weight excluding hydrogens is 335 g/mol. The highest BCUT2D eigenvalue weighted by molar-refractivity contribution is 5.78. The molecule has 0 radical (unpaired) electrons. The first-order valence-corrected chi connectivity index (χ1v) is 8.90. The predicted molar refractivity (Wildman–Crippen MR) is 96.3 cm³/mol. The molecule has 1 saturated carbocycles. The normalized spacial score (nSPS) is 19.6. The van der Waals surface area contributed by atoms with Crippen molar-refractivity contribution >= 4 is 11.7 Å². The first-order chi connectivity index (χ1) is 12.7. The minimum absolute atomic E-state index is 0.0170. The lowest BCUT2D eigenvalue weighted by atomic mass is 9.85. The van der Waals surface area contributed by atoms with E-state index in [9.17, 15) is 9.18 Å². The third-order valence-electron chi connectivity index (χ3n) is 4.51. The molecule has 1 heterocycles. The highest BCUT2D eigenvalue weighted by atomic mass is 19.1. The van der Waals surface area contributed by atoms with Gasteiger partial charge < -0.3 is 15.4 Å². The Hall–Kier alpha value is -2.70. The fourth-order valence-corrected chi connectivity index (χ4v) is 3.12. The highest BCUT2D eigenvalue weighted by Crippen LogP contribution is 2.26. The summed E-state index contributed by atoms with van der Waals surface area (Å²) in [6.45, 7) is 0.612. The molecule has 0 unspecified atom stereocenters. The monoisotopic (exact) mass is 358 g/mol. The van der Waals surface area contributed by atoms with Gasteiger partial charge in [-0.2, -0.15) is 0 Å². The molecule has 1 aliphatic carbocycles. The summed E-state index contributed by atoms with van der Waals surface area (Å²) >= 11 is 0. The van der Waals surface area contributed by atoms with Crippen molar-refractivity contribution in [1.29, 1.82) is 0 Å². The number of anilines is 1. The smallest absolute Gasteiger partial charge is 0.223 e. The zero-order valence-corrected chi connectivity index (χ0v) is 14.5. The number of amides is 1. The summed E-state index contributed by atoms with van der Waals surface area (Å²) < 4.78 is 18.8. The van der Waals surface area contributed by atoms with Gasteiger partial charge in [0, 0.05) is 24.4 Å². The lowest BCUT2D eigenvalue weighted by molar-refractivity contribution is -0.126. The van der Waals surface area contributed by atoms with E-state index in [1.165, 1.54) is 6.07 Å². The number of rotatable bonds is 7. The molecule has 1 aromatic heterocycles. The molecule has 26 heavy (non-hydrogen) atoms. The molecule has 0 atom stereocenters. The van der Waals surface area contributed by atoms with Crippen LogP contribution in [0.4, 0.5) is 10.2 Å². The van der Waals surface area contributed by atoms with E-state index in [0.29, 0.717) is 12.6 Å².